The van der Waals surface area contributed by atoms with Crippen LogP contribution in [0.1, 0.15) is 44.6 Å². The van der Waals surface area contributed by atoms with Crippen LogP contribution in [0.15, 0.2) is 23.3 Å². The van der Waals surface area contributed by atoms with Gasteiger partial charge in [-0.05, 0) is 56.6 Å². The van der Waals surface area contributed by atoms with Gasteiger partial charge >= 0.3 is 0 Å². The predicted octanol–water partition coefficient (Wildman–Crippen LogP) is 2.85. The molecule has 0 spiro atoms. The topological polar surface area (TPSA) is 68.2 Å². The molecule has 1 aliphatic heterocycles. The van der Waals surface area contributed by atoms with Gasteiger partial charge in [-0.3, -0.25) is 0 Å². The van der Waals surface area contributed by atoms with Gasteiger partial charge in [0.05, 0.1) is 19.3 Å². The molecule has 7 heteroatoms. The summed E-state index contributed by atoms with van der Waals surface area (Å²) in [5.74, 6) is 2.41. The molecule has 1 N–H and O–H groups in total. The van der Waals surface area contributed by atoms with Crippen LogP contribution >= 0.6 is 0 Å². The van der Waals surface area contributed by atoms with Gasteiger partial charge in [0.1, 0.15) is 0 Å². The summed E-state index contributed by atoms with van der Waals surface area (Å²) in [7, 11) is 1.73. The standard InChI is InChI=1S/C22H36N4O3/c1-3-23-22(26-11-8-20(9-12-26)28-14-4-13-27-2)25-16-19-7-10-24-21(15-19)29-17-18-5-6-18/h7,10,15,18,20H,3-6,8-9,11-14,16-17H2,1-2H3,(H,23,25). The molecule has 162 valence electrons. The van der Waals surface area contributed by atoms with Gasteiger partial charge in [-0.15, -0.1) is 0 Å². The maximum Gasteiger partial charge on any atom is 0.213 e. The van der Waals surface area contributed by atoms with Crippen LogP contribution < -0.4 is 10.1 Å². The molecule has 0 aromatic carbocycles. The lowest BCUT2D eigenvalue weighted by atomic mass is 10.1. The van der Waals surface area contributed by atoms with Gasteiger partial charge in [-0.25, -0.2) is 9.98 Å². The molecule has 0 amide bonds. The molecule has 1 aromatic heterocycles. The summed E-state index contributed by atoms with van der Waals surface area (Å²) in [5.41, 5.74) is 1.12. The van der Waals surface area contributed by atoms with E-state index in [2.05, 4.69) is 22.1 Å². The van der Waals surface area contributed by atoms with Crippen LogP contribution in [-0.2, 0) is 16.0 Å². The van der Waals surface area contributed by atoms with Crippen LogP contribution in [0.3, 0.4) is 0 Å². The Labute approximate surface area is 174 Å². The zero-order valence-corrected chi connectivity index (χ0v) is 17.9. The summed E-state index contributed by atoms with van der Waals surface area (Å²) in [4.78, 5) is 11.5. The normalized spacial score (nSPS) is 18.1. The molecule has 0 bridgehead atoms. The maximum absolute atomic E-state index is 5.97. The van der Waals surface area contributed by atoms with Crippen molar-refractivity contribution in [3.8, 4) is 5.88 Å². The molecule has 0 radical (unpaired) electrons. The SMILES string of the molecule is CCNC(=NCc1ccnc(OCC2CC2)c1)N1CCC(OCCCOC)CC1. The first-order chi connectivity index (χ1) is 14.3. The summed E-state index contributed by atoms with van der Waals surface area (Å²) in [5, 5.41) is 3.43. The average Bonchev–Trinajstić information content (AvgIpc) is 3.58. The molecule has 1 saturated heterocycles. The van der Waals surface area contributed by atoms with Crippen molar-refractivity contribution in [3.05, 3.63) is 23.9 Å². The highest BCUT2D eigenvalue weighted by Gasteiger charge is 2.23. The molecule has 0 unspecified atom stereocenters. The van der Waals surface area contributed by atoms with Gasteiger partial charge in [-0.2, -0.15) is 0 Å². The quantitative estimate of drug-likeness (QED) is 0.347. The van der Waals surface area contributed by atoms with Crippen molar-refractivity contribution in [1.82, 2.24) is 15.2 Å². The second-order valence-corrected chi connectivity index (χ2v) is 7.83. The number of rotatable bonds is 11. The van der Waals surface area contributed by atoms with Gasteiger partial charge < -0.3 is 24.4 Å². The van der Waals surface area contributed by atoms with E-state index in [1.807, 2.05) is 18.3 Å². The van der Waals surface area contributed by atoms with Crippen LogP contribution in [0.5, 0.6) is 5.88 Å². The molecule has 2 heterocycles. The van der Waals surface area contributed by atoms with Crippen LogP contribution in [0, 0.1) is 5.92 Å². The lowest BCUT2D eigenvalue weighted by Crippen LogP contribution is -2.47. The molecule has 3 rings (SSSR count). The highest BCUT2D eigenvalue weighted by Crippen LogP contribution is 2.29. The number of aromatic nitrogens is 1. The van der Waals surface area contributed by atoms with E-state index < -0.39 is 0 Å². The zero-order chi connectivity index (χ0) is 20.3. The molecular weight excluding hydrogens is 368 g/mol. The third kappa shape index (κ3) is 7.82. The van der Waals surface area contributed by atoms with Crippen LogP contribution in [0.25, 0.3) is 0 Å². The fourth-order valence-electron chi connectivity index (χ4n) is 3.39. The summed E-state index contributed by atoms with van der Waals surface area (Å²) < 4.78 is 16.8. The van der Waals surface area contributed by atoms with Gasteiger partial charge in [0.15, 0.2) is 5.96 Å². The molecule has 1 aliphatic carbocycles. The first-order valence-electron chi connectivity index (χ1n) is 11.0. The largest absolute Gasteiger partial charge is 0.477 e. The Morgan fingerprint density at radius 2 is 2.07 bits per heavy atom. The number of nitrogens with zero attached hydrogens (tertiary/aromatic N) is 3. The van der Waals surface area contributed by atoms with Crippen molar-refractivity contribution >= 4 is 5.96 Å². The monoisotopic (exact) mass is 404 g/mol. The van der Waals surface area contributed by atoms with E-state index in [9.17, 15) is 0 Å². The number of methoxy groups -OCH3 is 1. The minimum absolute atomic E-state index is 0.345. The van der Waals surface area contributed by atoms with Gasteiger partial charge in [0.2, 0.25) is 5.88 Å². The Kier molecular flexibility index (Phi) is 9.02. The minimum atomic E-state index is 0.345. The van der Waals surface area contributed by atoms with Crippen molar-refractivity contribution < 1.29 is 14.2 Å². The number of likely N-dealkylation sites (tertiary alicyclic amines) is 1. The second-order valence-electron chi connectivity index (χ2n) is 7.83. The van der Waals surface area contributed by atoms with E-state index in [-0.39, 0.29) is 0 Å². The Morgan fingerprint density at radius 1 is 1.24 bits per heavy atom. The molecule has 2 fully saturated rings. The molecule has 7 nitrogen and oxygen atoms in total. The first-order valence-corrected chi connectivity index (χ1v) is 11.0. The summed E-state index contributed by atoms with van der Waals surface area (Å²) in [6.45, 7) is 7.84. The Morgan fingerprint density at radius 3 is 2.79 bits per heavy atom. The maximum atomic E-state index is 5.97. The molecular formula is C22H36N4O3. The highest BCUT2D eigenvalue weighted by atomic mass is 16.5. The number of hydrogen-bond acceptors (Lipinski definition) is 5. The molecule has 0 atom stereocenters. The van der Waals surface area contributed by atoms with Gasteiger partial charge in [0.25, 0.3) is 0 Å². The van der Waals surface area contributed by atoms with E-state index in [1.54, 1.807) is 7.11 Å². The zero-order valence-electron chi connectivity index (χ0n) is 17.9. The number of pyridine rings is 1. The summed E-state index contributed by atoms with van der Waals surface area (Å²) >= 11 is 0. The van der Waals surface area contributed by atoms with E-state index in [0.717, 1.165) is 76.2 Å². The smallest absolute Gasteiger partial charge is 0.213 e. The minimum Gasteiger partial charge on any atom is -0.477 e. The molecule has 2 aliphatic rings. The number of piperidine rings is 1. The van der Waals surface area contributed by atoms with Crippen molar-refractivity contribution in [2.24, 2.45) is 10.9 Å². The molecule has 29 heavy (non-hydrogen) atoms. The van der Waals surface area contributed by atoms with Gasteiger partial charge in [-0.1, -0.05) is 0 Å². The number of ether oxygens (including phenoxy) is 3. The summed E-state index contributed by atoms with van der Waals surface area (Å²) in [6.07, 6.45) is 7.75. The summed E-state index contributed by atoms with van der Waals surface area (Å²) in [6, 6.07) is 4.02. The van der Waals surface area contributed by atoms with E-state index in [1.165, 1.54) is 12.8 Å². The van der Waals surface area contributed by atoms with Crippen molar-refractivity contribution in [2.75, 3.05) is 46.6 Å². The number of nitrogens with one attached hydrogen (secondary N) is 1. The lowest BCUT2D eigenvalue weighted by molar-refractivity contribution is 0.00990. The third-order valence-electron chi connectivity index (χ3n) is 5.30. The van der Waals surface area contributed by atoms with Gasteiger partial charge in [0, 0.05) is 52.2 Å². The molecule has 1 aromatic rings. The number of aliphatic imine (C=N–C) groups is 1. The molecule has 1 saturated carbocycles. The van der Waals surface area contributed by atoms with E-state index in [0.29, 0.717) is 18.5 Å². The lowest BCUT2D eigenvalue weighted by Gasteiger charge is -2.34. The van der Waals surface area contributed by atoms with Crippen LogP contribution in [0.2, 0.25) is 0 Å². The van der Waals surface area contributed by atoms with Crippen molar-refractivity contribution in [2.45, 2.75) is 51.7 Å². The average molecular weight is 405 g/mol. The van der Waals surface area contributed by atoms with E-state index >= 15 is 0 Å². The predicted molar refractivity (Wildman–Crippen MR) is 114 cm³/mol. The Hall–Kier alpha value is -1.86. The number of hydrogen-bond donors (Lipinski definition) is 1. The second kappa shape index (κ2) is 12.0. The number of guanidine groups is 1. The highest BCUT2D eigenvalue weighted by molar-refractivity contribution is 5.80. The van der Waals surface area contributed by atoms with Crippen molar-refractivity contribution in [3.63, 3.8) is 0 Å². The van der Waals surface area contributed by atoms with Crippen LogP contribution in [0.4, 0.5) is 0 Å². The van der Waals surface area contributed by atoms with E-state index in [4.69, 9.17) is 19.2 Å². The third-order valence-corrected chi connectivity index (χ3v) is 5.30. The Balaban J connectivity index is 1.47. The fourth-order valence-corrected chi connectivity index (χ4v) is 3.39. The fraction of sp³-hybridized carbons (Fsp3) is 0.727. The van der Waals surface area contributed by atoms with Crippen LogP contribution in [-0.4, -0.2) is 68.5 Å². The Bertz CT molecular complexity index is 628. The first kappa shape index (κ1) is 21.8. The van der Waals surface area contributed by atoms with Crippen molar-refractivity contribution in [1.29, 1.82) is 0 Å².